The monoisotopic (exact) mass is 389 g/mol. The SMILES string of the molecule is CCCNC(c1cc(Br)c(Cl)s1)c1cc2c(s1)CCC2. The second-order valence-electron chi connectivity index (χ2n) is 5.11. The smallest absolute Gasteiger partial charge is 0.107 e. The highest BCUT2D eigenvalue weighted by Gasteiger charge is 2.23. The molecule has 2 aromatic rings. The first-order valence-electron chi connectivity index (χ1n) is 6.98. The molecule has 1 aliphatic rings. The number of aryl methyl sites for hydroxylation is 2. The van der Waals surface area contributed by atoms with Crippen molar-refractivity contribution >= 4 is 50.2 Å². The highest BCUT2D eigenvalue weighted by molar-refractivity contribution is 9.10. The lowest BCUT2D eigenvalue weighted by molar-refractivity contribution is 0.612. The van der Waals surface area contributed by atoms with Gasteiger partial charge < -0.3 is 5.32 Å². The summed E-state index contributed by atoms with van der Waals surface area (Å²) in [5, 5.41) is 3.67. The van der Waals surface area contributed by atoms with Gasteiger partial charge in [0.05, 0.1) is 6.04 Å². The van der Waals surface area contributed by atoms with Crippen molar-refractivity contribution in [1.29, 1.82) is 0 Å². The van der Waals surface area contributed by atoms with Crippen LogP contribution >= 0.6 is 50.2 Å². The van der Waals surface area contributed by atoms with Crippen LogP contribution in [0, 0.1) is 0 Å². The van der Waals surface area contributed by atoms with Crippen LogP contribution < -0.4 is 5.32 Å². The summed E-state index contributed by atoms with van der Waals surface area (Å²) in [6.45, 7) is 3.23. The van der Waals surface area contributed by atoms with Gasteiger partial charge in [-0.05, 0) is 65.9 Å². The third-order valence-corrected chi connectivity index (χ3v) is 7.44. The Kier molecular flexibility index (Phi) is 4.88. The summed E-state index contributed by atoms with van der Waals surface area (Å²) in [5.74, 6) is 0. The van der Waals surface area contributed by atoms with Gasteiger partial charge in [-0.1, -0.05) is 18.5 Å². The highest BCUT2D eigenvalue weighted by Crippen LogP contribution is 2.41. The Balaban J connectivity index is 1.92. The van der Waals surface area contributed by atoms with E-state index in [1.165, 1.54) is 29.0 Å². The Morgan fingerprint density at radius 3 is 2.75 bits per heavy atom. The molecule has 0 saturated carbocycles. The maximum atomic E-state index is 6.22. The second-order valence-corrected chi connectivity index (χ2v) is 8.82. The van der Waals surface area contributed by atoms with Crippen LogP contribution in [0.1, 0.15) is 46.0 Å². The van der Waals surface area contributed by atoms with Gasteiger partial charge in [0.25, 0.3) is 0 Å². The number of nitrogens with one attached hydrogen (secondary N) is 1. The molecule has 1 nitrogen and oxygen atoms in total. The molecule has 1 atom stereocenters. The number of rotatable bonds is 5. The summed E-state index contributed by atoms with van der Waals surface area (Å²) in [7, 11) is 0. The minimum Gasteiger partial charge on any atom is -0.305 e. The summed E-state index contributed by atoms with van der Waals surface area (Å²) < 4.78 is 1.85. The van der Waals surface area contributed by atoms with Crippen LogP contribution in [0.5, 0.6) is 0 Å². The first-order valence-corrected chi connectivity index (χ1v) is 9.79. The van der Waals surface area contributed by atoms with Crippen LogP contribution in [-0.2, 0) is 12.8 Å². The fourth-order valence-corrected chi connectivity index (χ4v) is 5.89. The molecule has 108 valence electrons. The molecular formula is C15H17BrClNS2. The van der Waals surface area contributed by atoms with Crippen molar-refractivity contribution in [2.24, 2.45) is 0 Å². The van der Waals surface area contributed by atoms with Gasteiger partial charge >= 0.3 is 0 Å². The fourth-order valence-electron chi connectivity index (χ4n) is 2.63. The second kappa shape index (κ2) is 6.49. The van der Waals surface area contributed by atoms with Crippen molar-refractivity contribution in [3.8, 4) is 0 Å². The largest absolute Gasteiger partial charge is 0.305 e. The van der Waals surface area contributed by atoms with Gasteiger partial charge in [-0.25, -0.2) is 0 Å². The molecule has 2 aromatic heterocycles. The molecule has 5 heteroatoms. The first-order chi connectivity index (χ1) is 9.69. The minimum absolute atomic E-state index is 0.291. The lowest BCUT2D eigenvalue weighted by Crippen LogP contribution is -2.21. The standard InChI is InChI=1S/C15H17BrClNS2/c1-2-6-18-14(13-8-10(16)15(17)20-13)12-7-9-4-3-5-11(9)19-12/h7-8,14,18H,2-6H2,1H3. The Hall–Kier alpha value is 0.130. The quantitative estimate of drug-likeness (QED) is 0.680. The Labute approximate surface area is 141 Å². The van der Waals surface area contributed by atoms with Crippen molar-refractivity contribution in [3.05, 3.63) is 41.1 Å². The summed E-state index contributed by atoms with van der Waals surface area (Å²) >= 11 is 13.4. The highest BCUT2D eigenvalue weighted by atomic mass is 79.9. The normalized spacial score (nSPS) is 15.6. The number of halogens is 2. The third-order valence-electron chi connectivity index (χ3n) is 3.60. The Morgan fingerprint density at radius 2 is 2.10 bits per heavy atom. The molecule has 3 rings (SSSR count). The zero-order valence-corrected chi connectivity index (χ0v) is 15.3. The molecule has 0 aliphatic heterocycles. The van der Waals surface area contributed by atoms with Gasteiger partial charge in [0, 0.05) is 19.1 Å². The molecule has 1 unspecified atom stereocenters. The lowest BCUT2D eigenvalue weighted by Gasteiger charge is -2.15. The average Bonchev–Trinajstić information content (AvgIpc) is 3.06. The van der Waals surface area contributed by atoms with Crippen molar-refractivity contribution < 1.29 is 0 Å². The molecule has 1 N–H and O–H groups in total. The zero-order chi connectivity index (χ0) is 14.1. The van der Waals surface area contributed by atoms with Crippen molar-refractivity contribution in [2.45, 2.75) is 38.6 Å². The van der Waals surface area contributed by atoms with E-state index in [9.17, 15) is 0 Å². The molecule has 0 aromatic carbocycles. The third kappa shape index (κ3) is 3.00. The van der Waals surface area contributed by atoms with Crippen LogP contribution in [0.4, 0.5) is 0 Å². The van der Waals surface area contributed by atoms with Gasteiger partial charge in [0.2, 0.25) is 0 Å². The molecule has 1 aliphatic carbocycles. The average molecular weight is 391 g/mol. The molecular weight excluding hydrogens is 374 g/mol. The molecule has 2 heterocycles. The molecule has 0 fully saturated rings. The predicted molar refractivity (Wildman–Crippen MR) is 93.5 cm³/mol. The number of hydrogen-bond donors (Lipinski definition) is 1. The summed E-state index contributed by atoms with van der Waals surface area (Å²) in [6.07, 6.45) is 4.98. The van der Waals surface area contributed by atoms with E-state index in [4.69, 9.17) is 11.6 Å². The van der Waals surface area contributed by atoms with Crippen LogP contribution in [0.25, 0.3) is 0 Å². The van der Waals surface area contributed by atoms with Crippen LogP contribution in [-0.4, -0.2) is 6.54 Å². The van der Waals surface area contributed by atoms with Crippen molar-refractivity contribution in [1.82, 2.24) is 5.32 Å². The van der Waals surface area contributed by atoms with E-state index in [-0.39, 0.29) is 0 Å². The van der Waals surface area contributed by atoms with Crippen LogP contribution in [0.2, 0.25) is 4.34 Å². The van der Waals surface area contributed by atoms with E-state index in [0.29, 0.717) is 6.04 Å². The first kappa shape index (κ1) is 15.0. The van der Waals surface area contributed by atoms with E-state index in [0.717, 1.165) is 21.8 Å². The Bertz CT molecular complexity index is 564. The Morgan fingerprint density at radius 1 is 1.30 bits per heavy atom. The fraction of sp³-hybridized carbons (Fsp3) is 0.467. The molecule has 0 spiro atoms. The molecule has 0 bridgehead atoms. The maximum absolute atomic E-state index is 6.22. The van der Waals surface area contributed by atoms with E-state index in [2.05, 4.69) is 40.3 Å². The van der Waals surface area contributed by atoms with Gasteiger partial charge in [-0.2, -0.15) is 0 Å². The maximum Gasteiger partial charge on any atom is 0.107 e. The van der Waals surface area contributed by atoms with E-state index < -0.39 is 0 Å². The van der Waals surface area contributed by atoms with Gasteiger partial charge in [-0.3, -0.25) is 0 Å². The summed E-state index contributed by atoms with van der Waals surface area (Å²) in [5.41, 5.74) is 1.56. The molecule has 0 saturated heterocycles. The topological polar surface area (TPSA) is 12.0 Å². The lowest BCUT2D eigenvalue weighted by atomic mass is 10.1. The number of fused-ring (bicyclic) bond motifs is 1. The number of thiophene rings is 2. The van der Waals surface area contributed by atoms with Crippen molar-refractivity contribution in [2.75, 3.05) is 6.54 Å². The van der Waals surface area contributed by atoms with E-state index >= 15 is 0 Å². The molecule has 20 heavy (non-hydrogen) atoms. The summed E-state index contributed by atoms with van der Waals surface area (Å²) in [4.78, 5) is 4.33. The zero-order valence-electron chi connectivity index (χ0n) is 11.3. The minimum atomic E-state index is 0.291. The van der Waals surface area contributed by atoms with Crippen molar-refractivity contribution in [3.63, 3.8) is 0 Å². The van der Waals surface area contributed by atoms with Gasteiger partial charge in [0.15, 0.2) is 0 Å². The van der Waals surface area contributed by atoms with Gasteiger partial charge in [0.1, 0.15) is 4.34 Å². The van der Waals surface area contributed by atoms with Crippen LogP contribution in [0.3, 0.4) is 0 Å². The molecule has 0 amide bonds. The van der Waals surface area contributed by atoms with Crippen LogP contribution in [0.15, 0.2) is 16.6 Å². The van der Waals surface area contributed by atoms with E-state index in [1.54, 1.807) is 21.8 Å². The number of hydrogen-bond acceptors (Lipinski definition) is 3. The van der Waals surface area contributed by atoms with Gasteiger partial charge in [-0.15, -0.1) is 22.7 Å². The summed E-state index contributed by atoms with van der Waals surface area (Å²) in [6, 6.07) is 4.85. The predicted octanol–water partition coefficient (Wildman–Crippen LogP) is 5.80. The van der Waals surface area contributed by atoms with E-state index in [1.807, 2.05) is 11.3 Å². The molecule has 0 radical (unpaired) electrons.